The van der Waals surface area contributed by atoms with Crippen molar-refractivity contribution in [3.05, 3.63) is 65.9 Å². The first-order chi connectivity index (χ1) is 12.3. The first-order valence-electron chi connectivity index (χ1n) is 8.54. The zero-order valence-corrected chi connectivity index (χ0v) is 14.7. The summed E-state index contributed by atoms with van der Waals surface area (Å²) in [5.74, 6) is 0.581. The molecule has 2 aromatic heterocycles. The van der Waals surface area contributed by atoms with Gasteiger partial charge in [0.2, 0.25) is 0 Å². The molecule has 4 rings (SSSR count). The number of hydrogen-bond donors (Lipinski definition) is 0. The summed E-state index contributed by atoms with van der Waals surface area (Å²) in [6.07, 6.45) is 7.16. The quantitative estimate of drug-likeness (QED) is 0.673. The van der Waals surface area contributed by atoms with Crippen molar-refractivity contribution >= 4 is 22.9 Å². The van der Waals surface area contributed by atoms with Gasteiger partial charge in [-0.2, -0.15) is 0 Å². The number of amides is 1. The minimum absolute atomic E-state index is 0.0188. The zero-order chi connectivity index (χ0) is 17.1. The van der Waals surface area contributed by atoms with Crippen LogP contribution in [0.1, 0.15) is 29.8 Å². The van der Waals surface area contributed by atoms with Gasteiger partial charge in [0.15, 0.2) is 0 Å². The van der Waals surface area contributed by atoms with Crippen LogP contribution < -0.4 is 4.90 Å². The summed E-state index contributed by atoms with van der Waals surface area (Å²) >= 11 is 1.50. The molecule has 1 aliphatic carbocycles. The monoisotopic (exact) mass is 349 g/mol. The lowest BCUT2D eigenvalue weighted by Gasteiger charge is -2.32. The molecular weight excluding hydrogens is 330 g/mol. The van der Waals surface area contributed by atoms with Gasteiger partial charge in [0.25, 0.3) is 5.91 Å². The Balaban J connectivity index is 1.61. The Kier molecular flexibility index (Phi) is 4.57. The molecule has 1 saturated carbocycles. The third kappa shape index (κ3) is 3.46. The fourth-order valence-corrected chi connectivity index (χ4v) is 3.78. The maximum absolute atomic E-state index is 13.1. The van der Waals surface area contributed by atoms with Crippen molar-refractivity contribution in [2.75, 3.05) is 11.4 Å². The highest BCUT2D eigenvalue weighted by atomic mass is 32.1. The Bertz CT molecular complexity index is 844. The van der Waals surface area contributed by atoms with E-state index in [-0.39, 0.29) is 5.91 Å². The smallest absolute Gasteiger partial charge is 0.277 e. The van der Waals surface area contributed by atoms with Gasteiger partial charge in [-0.15, -0.1) is 11.3 Å². The van der Waals surface area contributed by atoms with Crippen molar-refractivity contribution in [2.24, 2.45) is 5.92 Å². The predicted octanol–water partition coefficient (Wildman–Crippen LogP) is 4.65. The molecule has 0 unspecified atom stereocenters. The number of hydrogen-bond acceptors (Lipinski definition) is 4. The summed E-state index contributed by atoms with van der Waals surface area (Å²) < 4.78 is 0. The van der Waals surface area contributed by atoms with Gasteiger partial charge in [-0.05, 0) is 43.0 Å². The number of carbonyl (C=O) groups is 1. The van der Waals surface area contributed by atoms with Crippen LogP contribution in [0.3, 0.4) is 0 Å². The van der Waals surface area contributed by atoms with E-state index in [1.54, 1.807) is 12.4 Å². The molecule has 0 spiro atoms. The van der Waals surface area contributed by atoms with Gasteiger partial charge in [-0.1, -0.05) is 24.6 Å². The fourth-order valence-electron chi connectivity index (χ4n) is 2.98. The van der Waals surface area contributed by atoms with Crippen LogP contribution in [-0.2, 0) is 0 Å². The summed E-state index contributed by atoms with van der Waals surface area (Å²) in [7, 11) is 0. The van der Waals surface area contributed by atoms with Crippen LogP contribution in [0.15, 0.2) is 60.2 Å². The minimum atomic E-state index is -0.0188. The molecule has 5 heteroatoms. The van der Waals surface area contributed by atoms with Crippen molar-refractivity contribution in [3.8, 4) is 10.6 Å². The molecule has 25 heavy (non-hydrogen) atoms. The van der Waals surface area contributed by atoms with Crippen molar-refractivity contribution in [2.45, 2.75) is 19.3 Å². The van der Waals surface area contributed by atoms with Gasteiger partial charge in [0, 0.05) is 35.6 Å². The number of pyridine rings is 1. The lowest BCUT2D eigenvalue weighted by Crippen LogP contribution is -2.37. The lowest BCUT2D eigenvalue weighted by atomic mass is 9.85. The van der Waals surface area contributed by atoms with E-state index in [2.05, 4.69) is 9.97 Å². The Labute approximate surface area is 151 Å². The number of anilines is 1. The summed E-state index contributed by atoms with van der Waals surface area (Å²) in [5.41, 5.74) is 2.45. The van der Waals surface area contributed by atoms with Crippen molar-refractivity contribution in [3.63, 3.8) is 0 Å². The standard InChI is InChI=1S/C20H19N3OS/c24-20(18-14-25-19(22-18)16-9-11-21-12-10-16)23(13-15-5-4-6-15)17-7-2-1-3-8-17/h1-3,7-12,14-15H,4-6,13H2. The number of benzene rings is 1. The van der Waals surface area contributed by atoms with E-state index in [1.165, 1.54) is 30.6 Å². The van der Waals surface area contributed by atoms with Crippen LogP contribution in [-0.4, -0.2) is 22.4 Å². The van der Waals surface area contributed by atoms with Crippen LogP contribution in [0.4, 0.5) is 5.69 Å². The average Bonchev–Trinajstić information content (AvgIpc) is 3.12. The first-order valence-corrected chi connectivity index (χ1v) is 9.42. The molecule has 0 radical (unpaired) electrons. The normalized spacial score (nSPS) is 14.1. The number of para-hydroxylation sites is 1. The molecule has 0 aliphatic heterocycles. The number of thiazole rings is 1. The molecular formula is C20H19N3OS. The lowest BCUT2D eigenvalue weighted by molar-refractivity contribution is 0.0973. The van der Waals surface area contributed by atoms with Gasteiger partial charge in [0.1, 0.15) is 10.7 Å². The molecule has 0 saturated heterocycles. The number of nitrogens with zero attached hydrogens (tertiary/aromatic N) is 3. The molecule has 1 aliphatic rings. The topological polar surface area (TPSA) is 46.1 Å². The van der Waals surface area contributed by atoms with Crippen molar-refractivity contribution < 1.29 is 4.79 Å². The largest absolute Gasteiger partial charge is 0.307 e. The number of rotatable bonds is 5. The predicted molar refractivity (Wildman–Crippen MR) is 101 cm³/mol. The number of aromatic nitrogens is 2. The second-order valence-corrected chi connectivity index (χ2v) is 7.18. The average molecular weight is 349 g/mol. The van der Waals surface area contributed by atoms with Gasteiger partial charge in [-0.25, -0.2) is 4.98 Å². The third-order valence-corrected chi connectivity index (χ3v) is 5.52. The van der Waals surface area contributed by atoms with Crippen LogP contribution in [0, 0.1) is 5.92 Å². The summed E-state index contributed by atoms with van der Waals surface area (Å²) in [6.45, 7) is 0.769. The van der Waals surface area contributed by atoms with Gasteiger partial charge < -0.3 is 4.90 Å². The highest BCUT2D eigenvalue weighted by Gasteiger charge is 2.26. The molecule has 126 valence electrons. The van der Waals surface area contributed by atoms with Gasteiger partial charge in [-0.3, -0.25) is 9.78 Å². The van der Waals surface area contributed by atoms with Crippen LogP contribution >= 0.6 is 11.3 Å². The molecule has 4 nitrogen and oxygen atoms in total. The van der Waals surface area contributed by atoms with Crippen molar-refractivity contribution in [1.82, 2.24) is 9.97 Å². The molecule has 2 heterocycles. The Morgan fingerprint density at radius 3 is 2.56 bits per heavy atom. The van der Waals surface area contributed by atoms with E-state index in [1.807, 2.05) is 52.7 Å². The van der Waals surface area contributed by atoms with E-state index in [9.17, 15) is 4.79 Å². The summed E-state index contributed by atoms with van der Waals surface area (Å²) in [5, 5.41) is 2.71. The van der Waals surface area contributed by atoms with Gasteiger partial charge in [0.05, 0.1) is 0 Å². The van der Waals surface area contributed by atoms with E-state index in [0.29, 0.717) is 11.6 Å². The third-order valence-electron chi connectivity index (χ3n) is 4.63. The molecule has 3 aromatic rings. The maximum atomic E-state index is 13.1. The van der Waals surface area contributed by atoms with Crippen molar-refractivity contribution in [1.29, 1.82) is 0 Å². The molecule has 1 amide bonds. The molecule has 0 N–H and O–H groups in total. The minimum Gasteiger partial charge on any atom is -0.307 e. The van der Waals surface area contributed by atoms with E-state index < -0.39 is 0 Å². The summed E-state index contributed by atoms with van der Waals surface area (Å²) in [6, 6.07) is 13.7. The Hall–Kier alpha value is -2.53. The first kappa shape index (κ1) is 16.0. The Morgan fingerprint density at radius 2 is 1.88 bits per heavy atom. The molecule has 1 fully saturated rings. The van der Waals surface area contributed by atoms with E-state index in [0.717, 1.165) is 22.8 Å². The number of carbonyl (C=O) groups excluding carboxylic acids is 1. The zero-order valence-electron chi connectivity index (χ0n) is 13.8. The second kappa shape index (κ2) is 7.15. The second-order valence-electron chi connectivity index (χ2n) is 6.32. The van der Waals surface area contributed by atoms with Gasteiger partial charge >= 0.3 is 0 Å². The van der Waals surface area contributed by atoms with E-state index in [4.69, 9.17) is 0 Å². The highest BCUT2D eigenvalue weighted by molar-refractivity contribution is 7.13. The molecule has 0 bridgehead atoms. The van der Waals surface area contributed by atoms with Crippen LogP contribution in [0.5, 0.6) is 0 Å². The van der Waals surface area contributed by atoms with Crippen LogP contribution in [0.25, 0.3) is 10.6 Å². The van der Waals surface area contributed by atoms with Crippen LogP contribution in [0.2, 0.25) is 0 Å². The SMILES string of the molecule is O=C(c1csc(-c2ccncc2)n1)N(CC1CCC1)c1ccccc1. The fraction of sp³-hybridized carbons (Fsp3) is 0.250. The van der Waals surface area contributed by atoms with E-state index >= 15 is 0 Å². The summed E-state index contributed by atoms with van der Waals surface area (Å²) in [4.78, 5) is 23.6. The highest BCUT2D eigenvalue weighted by Crippen LogP contribution is 2.30. The molecule has 1 aromatic carbocycles. The molecule has 0 atom stereocenters. The Morgan fingerprint density at radius 1 is 1.12 bits per heavy atom. The maximum Gasteiger partial charge on any atom is 0.277 e.